The third-order valence-electron chi connectivity index (χ3n) is 11.9. The average Bonchev–Trinajstić information content (AvgIpc) is 3.79. The molecule has 0 aliphatic heterocycles. The highest BCUT2D eigenvalue weighted by Crippen LogP contribution is 2.55. The summed E-state index contributed by atoms with van der Waals surface area (Å²) in [5, 5.41) is 6.12. The molecule has 56 heavy (non-hydrogen) atoms. The van der Waals surface area contributed by atoms with Crippen molar-refractivity contribution in [3.05, 3.63) is 199 Å². The van der Waals surface area contributed by atoms with E-state index in [1.165, 1.54) is 98.6 Å². The number of nitrogens with zero attached hydrogens (tertiary/aromatic N) is 1. The Kier molecular flexibility index (Phi) is 7.45. The third-order valence-corrected chi connectivity index (χ3v) is 13.0. The van der Waals surface area contributed by atoms with Crippen molar-refractivity contribution in [1.82, 2.24) is 4.98 Å². The first kappa shape index (κ1) is 32.8. The largest absolute Gasteiger partial charge is 0.236 e. The first-order valence-electron chi connectivity index (χ1n) is 19.4. The molecule has 0 atom stereocenters. The lowest BCUT2D eigenvalue weighted by molar-refractivity contribution is 0.661. The zero-order valence-corrected chi connectivity index (χ0v) is 32.1. The Bertz CT molecular complexity index is 3120. The molecular weight excluding hydrogens is 695 g/mol. The lowest BCUT2D eigenvalue weighted by atomic mass is 9.78. The first-order chi connectivity index (χ1) is 27.5. The monoisotopic (exact) mass is 731 g/mol. The number of para-hydroxylation sites is 1. The van der Waals surface area contributed by atoms with Gasteiger partial charge in [-0.15, -0.1) is 11.3 Å². The number of thiazole rings is 1. The van der Waals surface area contributed by atoms with Gasteiger partial charge in [-0.3, -0.25) is 0 Å². The maximum Gasteiger partial charge on any atom is 0.124 e. The molecule has 11 rings (SSSR count). The molecule has 0 saturated carbocycles. The van der Waals surface area contributed by atoms with E-state index in [0.29, 0.717) is 0 Å². The summed E-state index contributed by atoms with van der Waals surface area (Å²) in [6.45, 7) is 4.80. The summed E-state index contributed by atoms with van der Waals surface area (Å²) in [5.74, 6) is 0. The summed E-state index contributed by atoms with van der Waals surface area (Å²) in [7, 11) is 0. The van der Waals surface area contributed by atoms with Gasteiger partial charge < -0.3 is 0 Å². The van der Waals surface area contributed by atoms with E-state index in [0.717, 1.165) is 10.5 Å². The molecule has 264 valence electrons. The molecule has 0 fully saturated rings. The number of aromatic nitrogens is 1. The van der Waals surface area contributed by atoms with Gasteiger partial charge in [0.25, 0.3) is 0 Å². The van der Waals surface area contributed by atoms with Crippen LogP contribution in [0.25, 0.3) is 98.0 Å². The normalized spacial score (nSPS) is 13.0. The van der Waals surface area contributed by atoms with Crippen LogP contribution in [0.3, 0.4) is 0 Å². The van der Waals surface area contributed by atoms with Crippen LogP contribution in [0.4, 0.5) is 0 Å². The molecule has 0 N–H and O–H groups in total. The second-order valence-corrected chi connectivity index (χ2v) is 16.5. The van der Waals surface area contributed by atoms with E-state index in [2.05, 4.69) is 202 Å². The molecular formula is C54H37NS. The van der Waals surface area contributed by atoms with Crippen LogP contribution in [0.1, 0.15) is 25.0 Å². The minimum atomic E-state index is -0.227. The number of fused-ring (bicyclic) bond motifs is 6. The van der Waals surface area contributed by atoms with Gasteiger partial charge in [0.1, 0.15) is 5.01 Å². The van der Waals surface area contributed by atoms with Gasteiger partial charge in [0.05, 0.1) is 10.2 Å². The van der Waals surface area contributed by atoms with Gasteiger partial charge in [0, 0.05) is 11.0 Å². The Morgan fingerprint density at radius 3 is 1.48 bits per heavy atom. The molecule has 1 aliphatic rings. The fraction of sp³-hybridized carbons (Fsp3) is 0.0556. The van der Waals surface area contributed by atoms with Crippen molar-refractivity contribution in [1.29, 1.82) is 0 Å². The predicted molar refractivity (Wildman–Crippen MR) is 239 cm³/mol. The fourth-order valence-corrected chi connectivity index (χ4v) is 10.2. The smallest absolute Gasteiger partial charge is 0.124 e. The Morgan fingerprint density at radius 1 is 0.375 bits per heavy atom. The van der Waals surface area contributed by atoms with E-state index in [9.17, 15) is 0 Å². The summed E-state index contributed by atoms with van der Waals surface area (Å²) in [6.07, 6.45) is 0. The zero-order chi connectivity index (χ0) is 37.4. The van der Waals surface area contributed by atoms with E-state index >= 15 is 0 Å². The van der Waals surface area contributed by atoms with Crippen molar-refractivity contribution in [3.63, 3.8) is 0 Å². The number of benzene rings is 9. The predicted octanol–water partition coefficient (Wildman–Crippen LogP) is 15.2. The molecule has 1 aromatic heterocycles. The quantitative estimate of drug-likeness (QED) is 0.161. The lowest BCUT2D eigenvalue weighted by Crippen LogP contribution is -2.15. The number of hydrogen-bond acceptors (Lipinski definition) is 2. The molecule has 1 heterocycles. The molecule has 0 unspecified atom stereocenters. The van der Waals surface area contributed by atoms with E-state index in [4.69, 9.17) is 4.98 Å². The minimum Gasteiger partial charge on any atom is -0.236 e. The van der Waals surface area contributed by atoms with Crippen molar-refractivity contribution in [3.8, 4) is 66.2 Å². The summed E-state index contributed by atoms with van der Waals surface area (Å²) < 4.78 is 1.22. The van der Waals surface area contributed by atoms with Crippen molar-refractivity contribution >= 4 is 43.1 Å². The van der Waals surface area contributed by atoms with Crippen LogP contribution in [0.2, 0.25) is 0 Å². The van der Waals surface area contributed by atoms with Crippen LogP contribution in [0.15, 0.2) is 188 Å². The zero-order valence-electron chi connectivity index (χ0n) is 31.3. The van der Waals surface area contributed by atoms with E-state index < -0.39 is 0 Å². The molecule has 2 heteroatoms. The average molecular weight is 732 g/mol. The van der Waals surface area contributed by atoms with Gasteiger partial charge in [-0.2, -0.15) is 0 Å². The van der Waals surface area contributed by atoms with Crippen molar-refractivity contribution < 1.29 is 0 Å². The van der Waals surface area contributed by atoms with Crippen LogP contribution < -0.4 is 0 Å². The maximum absolute atomic E-state index is 5.06. The van der Waals surface area contributed by atoms with Crippen molar-refractivity contribution in [2.24, 2.45) is 0 Å². The number of rotatable bonds is 5. The summed E-state index contributed by atoms with van der Waals surface area (Å²) >= 11 is 1.77. The molecule has 0 saturated heterocycles. The molecule has 0 radical (unpaired) electrons. The standard InChI is InChI=1S/C54H37NS/c1-54(2)47-31-36(53-55-49-27-15-16-28-50(49)56-53)29-30-39(47)44-32-45-46(33-48(44)54)52(41-24-12-10-22-38(41)35-19-7-4-8-20-35)43-26-14-13-25-42(43)51(45)40-23-11-9-21-37(40)34-17-5-3-6-18-34/h3-33H,1-2H3. The van der Waals surface area contributed by atoms with E-state index in [1.54, 1.807) is 11.3 Å². The maximum atomic E-state index is 5.06. The Labute approximate surface area is 331 Å². The molecule has 9 aromatic carbocycles. The first-order valence-corrected chi connectivity index (χ1v) is 20.2. The SMILES string of the molecule is CC1(C)c2cc(-c3nc4ccccc4s3)ccc2-c2cc3c(-c4ccccc4-c4ccccc4)c4ccccc4c(-c4ccccc4-c4ccccc4)c3cc21. The highest BCUT2D eigenvalue weighted by molar-refractivity contribution is 7.21. The molecule has 10 aromatic rings. The van der Waals surface area contributed by atoms with Crippen LogP contribution in [0, 0.1) is 0 Å². The molecule has 0 amide bonds. The molecule has 1 nitrogen and oxygen atoms in total. The van der Waals surface area contributed by atoms with Crippen LogP contribution in [0.5, 0.6) is 0 Å². The third kappa shape index (κ3) is 5.03. The van der Waals surface area contributed by atoms with Crippen LogP contribution in [-0.2, 0) is 5.41 Å². The Hall–Kier alpha value is -6.61. The second kappa shape index (κ2) is 12.7. The minimum absolute atomic E-state index is 0.227. The van der Waals surface area contributed by atoms with E-state index in [1.807, 2.05) is 0 Å². The Balaban J connectivity index is 1.24. The summed E-state index contributed by atoms with van der Waals surface area (Å²) in [5.41, 5.74) is 17.3. The lowest BCUT2D eigenvalue weighted by Gasteiger charge is -2.25. The summed E-state index contributed by atoms with van der Waals surface area (Å²) in [6, 6.07) is 69.2. The fourth-order valence-electron chi connectivity index (χ4n) is 9.25. The highest BCUT2D eigenvalue weighted by Gasteiger charge is 2.37. The van der Waals surface area contributed by atoms with Gasteiger partial charge in [-0.25, -0.2) is 4.98 Å². The highest BCUT2D eigenvalue weighted by atomic mass is 32.1. The van der Waals surface area contributed by atoms with Crippen LogP contribution >= 0.6 is 11.3 Å². The summed E-state index contributed by atoms with van der Waals surface area (Å²) in [4.78, 5) is 5.06. The topological polar surface area (TPSA) is 12.9 Å². The van der Waals surface area contributed by atoms with Gasteiger partial charge in [0.15, 0.2) is 0 Å². The number of hydrogen-bond donors (Lipinski definition) is 0. The van der Waals surface area contributed by atoms with E-state index in [-0.39, 0.29) is 5.41 Å². The van der Waals surface area contributed by atoms with Gasteiger partial charge in [-0.05, 0) is 119 Å². The molecule has 0 spiro atoms. The van der Waals surface area contributed by atoms with Gasteiger partial charge in [0.2, 0.25) is 0 Å². The Morgan fingerprint density at radius 2 is 0.875 bits per heavy atom. The molecule has 0 bridgehead atoms. The van der Waals surface area contributed by atoms with Crippen molar-refractivity contribution in [2.75, 3.05) is 0 Å². The van der Waals surface area contributed by atoms with Gasteiger partial charge in [-0.1, -0.05) is 172 Å². The second-order valence-electron chi connectivity index (χ2n) is 15.4. The van der Waals surface area contributed by atoms with Crippen LogP contribution in [-0.4, -0.2) is 4.98 Å². The van der Waals surface area contributed by atoms with Crippen molar-refractivity contribution in [2.45, 2.75) is 19.3 Å². The van der Waals surface area contributed by atoms with Gasteiger partial charge >= 0.3 is 0 Å². The molecule has 1 aliphatic carbocycles.